The van der Waals surface area contributed by atoms with Crippen LogP contribution in [0.1, 0.15) is 38.7 Å². The van der Waals surface area contributed by atoms with E-state index in [1.807, 2.05) is 44.2 Å². The van der Waals surface area contributed by atoms with E-state index in [4.69, 9.17) is 27.9 Å². The fourth-order valence-corrected chi connectivity index (χ4v) is 2.50. The molecule has 5 heteroatoms. The van der Waals surface area contributed by atoms with Gasteiger partial charge in [-0.25, -0.2) is 0 Å². The molecule has 1 unspecified atom stereocenters. The second-order valence-corrected chi connectivity index (χ2v) is 6.02. The lowest BCUT2D eigenvalue weighted by Gasteiger charge is -2.37. The minimum atomic E-state index is -1.31. The molecule has 1 aliphatic carbocycles. The second kappa shape index (κ2) is 8.40. The number of halogens is 2. The smallest absolute Gasteiger partial charge is 0.306 e. The van der Waals surface area contributed by atoms with E-state index in [-0.39, 0.29) is 30.7 Å². The van der Waals surface area contributed by atoms with Gasteiger partial charge in [0.15, 0.2) is 10.1 Å². The fraction of sp³-hybridized carbons (Fsp3) is 0.500. The average molecular weight is 331 g/mol. The van der Waals surface area contributed by atoms with E-state index in [1.54, 1.807) is 0 Å². The van der Waals surface area contributed by atoms with Crippen molar-refractivity contribution in [1.29, 1.82) is 0 Å². The fourth-order valence-electron chi connectivity index (χ4n) is 1.97. The van der Waals surface area contributed by atoms with Gasteiger partial charge < -0.3 is 4.74 Å². The molecule has 21 heavy (non-hydrogen) atoms. The van der Waals surface area contributed by atoms with Crippen LogP contribution in [0.4, 0.5) is 0 Å². The van der Waals surface area contributed by atoms with Crippen molar-refractivity contribution in [2.45, 2.75) is 44.1 Å². The van der Waals surface area contributed by atoms with E-state index in [1.165, 1.54) is 0 Å². The highest BCUT2D eigenvalue weighted by Crippen LogP contribution is 2.46. The zero-order valence-corrected chi connectivity index (χ0v) is 13.8. The van der Waals surface area contributed by atoms with Gasteiger partial charge in [0.1, 0.15) is 6.61 Å². The Balaban J connectivity index is 0.00000106. The number of hydrogen-bond acceptors (Lipinski definition) is 3. The first-order valence-electron chi connectivity index (χ1n) is 7.11. The summed E-state index contributed by atoms with van der Waals surface area (Å²) in [7, 11) is 0. The van der Waals surface area contributed by atoms with Crippen LogP contribution in [0, 0.1) is 5.92 Å². The predicted molar refractivity (Wildman–Crippen MR) is 84.4 cm³/mol. The third-order valence-corrected chi connectivity index (χ3v) is 4.29. The standard InChI is InChI=1S/C14H14Cl2O3.C2H6/c15-14(16)11(8-12(14)17)6-7-13(18)19-9-10-4-2-1-3-5-10;1-2/h1-5,11H,6-9H2;1-2H3. The van der Waals surface area contributed by atoms with Crippen molar-refractivity contribution in [3.05, 3.63) is 35.9 Å². The maximum atomic E-state index is 11.6. The molecule has 116 valence electrons. The molecule has 1 aromatic carbocycles. The van der Waals surface area contributed by atoms with Gasteiger partial charge in [-0.3, -0.25) is 9.59 Å². The zero-order valence-electron chi connectivity index (χ0n) is 12.3. The Morgan fingerprint density at radius 3 is 2.43 bits per heavy atom. The van der Waals surface area contributed by atoms with Crippen molar-refractivity contribution in [3.63, 3.8) is 0 Å². The lowest BCUT2D eigenvalue weighted by atomic mass is 9.79. The van der Waals surface area contributed by atoms with Crippen LogP contribution in [-0.2, 0) is 20.9 Å². The Morgan fingerprint density at radius 1 is 1.29 bits per heavy atom. The monoisotopic (exact) mass is 330 g/mol. The first-order valence-corrected chi connectivity index (χ1v) is 7.86. The Kier molecular flexibility index (Phi) is 7.20. The molecule has 3 nitrogen and oxygen atoms in total. The summed E-state index contributed by atoms with van der Waals surface area (Å²) in [4.78, 5) is 22.7. The summed E-state index contributed by atoms with van der Waals surface area (Å²) < 4.78 is 3.83. The highest BCUT2D eigenvalue weighted by molar-refractivity contribution is 6.60. The van der Waals surface area contributed by atoms with Crippen LogP contribution in [0.5, 0.6) is 0 Å². The first kappa shape index (κ1) is 18.0. The molecular formula is C16H20Cl2O3. The van der Waals surface area contributed by atoms with Gasteiger partial charge in [-0.2, -0.15) is 0 Å². The molecule has 0 amide bonds. The molecule has 2 rings (SSSR count). The summed E-state index contributed by atoms with van der Waals surface area (Å²) in [5.41, 5.74) is 0.943. The number of benzene rings is 1. The van der Waals surface area contributed by atoms with Gasteiger partial charge in [0.2, 0.25) is 0 Å². The Hall–Kier alpha value is -1.06. The van der Waals surface area contributed by atoms with Crippen molar-refractivity contribution >= 4 is 35.0 Å². The molecule has 0 radical (unpaired) electrons. The molecule has 0 aliphatic heterocycles. The SMILES string of the molecule is CC.O=C(CCC1CC(=O)C1(Cl)Cl)OCc1ccccc1. The van der Waals surface area contributed by atoms with Crippen molar-refractivity contribution in [3.8, 4) is 0 Å². The van der Waals surface area contributed by atoms with Crippen molar-refractivity contribution in [2.24, 2.45) is 5.92 Å². The lowest BCUT2D eigenvalue weighted by Crippen LogP contribution is -2.47. The van der Waals surface area contributed by atoms with Crippen LogP contribution in [0.3, 0.4) is 0 Å². The van der Waals surface area contributed by atoms with Gasteiger partial charge in [-0.1, -0.05) is 67.4 Å². The molecule has 1 aliphatic rings. The van der Waals surface area contributed by atoms with Crippen LogP contribution >= 0.6 is 23.2 Å². The number of esters is 1. The Bertz CT molecular complexity index is 472. The lowest BCUT2D eigenvalue weighted by molar-refractivity contribution is -0.146. The number of ether oxygens (including phenoxy) is 1. The summed E-state index contributed by atoms with van der Waals surface area (Å²) in [5, 5.41) is 0. The zero-order chi connectivity index (χ0) is 15.9. The van der Waals surface area contributed by atoms with E-state index in [0.29, 0.717) is 12.8 Å². The Labute approximate surface area is 135 Å². The largest absolute Gasteiger partial charge is 0.461 e. The number of rotatable bonds is 5. The number of alkyl halides is 2. The maximum Gasteiger partial charge on any atom is 0.306 e. The molecule has 0 heterocycles. The summed E-state index contributed by atoms with van der Waals surface area (Å²) in [5.74, 6) is -0.613. The van der Waals surface area contributed by atoms with Crippen LogP contribution in [0.2, 0.25) is 0 Å². The summed E-state index contributed by atoms with van der Waals surface area (Å²) in [6.45, 7) is 4.26. The van der Waals surface area contributed by atoms with Crippen LogP contribution in [-0.4, -0.2) is 16.1 Å². The highest BCUT2D eigenvalue weighted by Gasteiger charge is 2.52. The van der Waals surface area contributed by atoms with Crippen LogP contribution < -0.4 is 0 Å². The predicted octanol–water partition coefficient (Wildman–Crippen LogP) is 4.30. The van der Waals surface area contributed by atoms with Gasteiger partial charge in [0.05, 0.1) is 0 Å². The molecule has 0 bridgehead atoms. The molecule has 1 aromatic rings. The van der Waals surface area contributed by atoms with E-state index >= 15 is 0 Å². The molecule has 1 saturated carbocycles. The van der Waals surface area contributed by atoms with E-state index in [9.17, 15) is 9.59 Å². The van der Waals surface area contributed by atoms with E-state index < -0.39 is 4.33 Å². The topological polar surface area (TPSA) is 43.4 Å². The third-order valence-electron chi connectivity index (χ3n) is 3.26. The third kappa shape index (κ3) is 5.01. The molecule has 0 aromatic heterocycles. The van der Waals surface area contributed by atoms with Gasteiger partial charge in [-0.15, -0.1) is 0 Å². The van der Waals surface area contributed by atoms with Gasteiger partial charge in [0.25, 0.3) is 0 Å². The summed E-state index contributed by atoms with van der Waals surface area (Å²) >= 11 is 11.7. The Morgan fingerprint density at radius 2 is 1.90 bits per heavy atom. The highest BCUT2D eigenvalue weighted by atomic mass is 35.5. The van der Waals surface area contributed by atoms with E-state index in [2.05, 4.69) is 0 Å². The average Bonchev–Trinajstić information content (AvgIpc) is 2.52. The van der Waals surface area contributed by atoms with Crippen molar-refractivity contribution < 1.29 is 14.3 Å². The normalized spacial score (nSPS) is 19.0. The number of carbonyl (C=O) groups is 2. The first-order chi connectivity index (χ1) is 10.00. The van der Waals surface area contributed by atoms with Crippen molar-refractivity contribution in [1.82, 2.24) is 0 Å². The molecular weight excluding hydrogens is 311 g/mol. The quantitative estimate of drug-likeness (QED) is 0.597. The minimum Gasteiger partial charge on any atom is -0.461 e. The summed E-state index contributed by atoms with van der Waals surface area (Å²) in [6, 6.07) is 9.46. The number of carbonyl (C=O) groups excluding carboxylic acids is 2. The van der Waals surface area contributed by atoms with Gasteiger partial charge >= 0.3 is 5.97 Å². The summed E-state index contributed by atoms with van der Waals surface area (Å²) in [6.07, 6.45) is 1.05. The molecule has 1 fully saturated rings. The second-order valence-electron chi connectivity index (χ2n) is 4.63. The number of ketones is 1. The number of hydrogen-bond donors (Lipinski definition) is 0. The van der Waals surface area contributed by atoms with Crippen molar-refractivity contribution in [2.75, 3.05) is 0 Å². The van der Waals surface area contributed by atoms with E-state index in [0.717, 1.165) is 5.56 Å². The molecule has 0 spiro atoms. The molecule has 1 atom stereocenters. The van der Waals surface area contributed by atoms with Crippen LogP contribution in [0.25, 0.3) is 0 Å². The molecule has 0 N–H and O–H groups in total. The van der Waals surface area contributed by atoms with Gasteiger partial charge in [-0.05, 0) is 12.0 Å². The molecule has 0 saturated heterocycles. The van der Waals surface area contributed by atoms with Gasteiger partial charge in [0, 0.05) is 18.8 Å². The van der Waals surface area contributed by atoms with Crippen LogP contribution in [0.15, 0.2) is 30.3 Å². The maximum absolute atomic E-state index is 11.6. The number of Topliss-reactive ketones (excluding diaryl/α,β-unsaturated/α-hetero) is 1. The minimum absolute atomic E-state index is 0.146.